The maximum absolute atomic E-state index is 13.4. The van der Waals surface area contributed by atoms with E-state index in [0.29, 0.717) is 4.90 Å². The van der Waals surface area contributed by atoms with Crippen LogP contribution in [0.5, 0.6) is 0 Å². The molecule has 2 aromatic rings. The molecule has 144 valence electrons. The van der Waals surface area contributed by atoms with E-state index in [1.807, 2.05) is 25.1 Å². The van der Waals surface area contributed by atoms with Crippen LogP contribution in [0.2, 0.25) is 0 Å². The fourth-order valence-corrected chi connectivity index (χ4v) is 6.00. The molecule has 0 spiro atoms. The second-order valence-corrected chi connectivity index (χ2v) is 9.82. The van der Waals surface area contributed by atoms with Gasteiger partial charge in [-0.1, -0.05) is 42.0 Å². The second kappa shape index (κ2) is 7.38. The van der Waals surface area contributed by atoms with E-state index in [9.17, 15) is 8.42 Å². The number of nitrogens with zero attached hydrogens (tertiary/aromatic N) is 2. The predicted octanol–water partition coefficient (Wildman–Crippen LogP) is 3.77. The number of benzene rings is 2. The molecule has 0 radical (unpaired) electrons. The van der Waals surface area contributed by atoms with Crippen LogP contribution in [0.1, 0.15) is 42.0 Å². The fourth-order valence-electron chi connectivity index (χ4n) is 4.64. The largest absolute Gasteiger partial charge is 0.298 e. The van der Waals surface area contributed by atoms with Crippen LogP contribution in [0.4, 0.5) is 0 Å². The molecule has 2 unspecified atom stereocenters. The Kier molecular flexibility index (Phi) is 5.10. The Morgan fingerprint density at radius 3 is 2.37 bits per heavy atom. The smallest absolute Gasteiger partial charge is 0.243 e. The molecular formula is C22H28N2O2S. The molecule has 0 bridgehead atoms. The number of fused-ring (bicyclic) bond motifs is 1. The second-order valence-electron chi connectivity index (χ2n) is 7.83. The quantitative estimate of drug-likeness (QED) is 0.806. The minimum atomic E-state index is -3.55. The van der Waals surface area contributed by atoms with Gasteiger partial charge in [-0.15, -0.1) is 0 Å². The van der Waals surface area contributed by atoms with Crippen LogP contribution in [-0.2, 0) is 16.4 Å². The molecule has 1 heterocycles. The highest BCUT2D eigenvalue weighted by Gasteiger charge is 2.41. The molecule has 4 rings (SSSR count). The first kappa shape index (κ1) is 18.7. The zero-order valence-corrected chi connectivity index (χ0v) is 17.0. The van der Waals surface area contributed by atoms with Gasteiger partial charge in [0.05, 0.1) is 10.9 Å². The van der Waals surface area contributed by atoms with Crippen LogP contribution in [0, 0.1) is 6.92 Å². The average Bonchev–Trinajstić information content (AvgIpc) is 3.21. The Labute approximate surface area is 162 Å². The van der Waals surface area contributed by atoms with Crippen molar-refractivity contribution < 1.29 is 8.42 Å². The molecule has 2 aromatic carbocycles. The molecule has 27 heavy (non-hydrogen) atoms. The van der Waals surface area contributed by atoms with Gasteiger partial charge in [-0.3, -0.25) is 4.90 Å². The van der Waals surface area contributed by atoms with Crippen molar-refractivity contribution in [2.45, 2.75) is 49.6 Å². The topological polar surface area (TPSA) is 40.6 Å². The zero-order valence-electron chi connectivity index (χ0n) is 16.1. The number of aryl methyl sites for hydroxylation is 2. The van der Waals surface area contributed by atoms with Crippen molar-refractivity contribution in [2.75, 3.05) is 20.1 Å². The highest BCUT2D eigenvalue weighted by Crippen LogP contribution is 2.40. The van der Waals surface area contributed by atoms with E-state index in [2.05, 4.69) is 23.1 Å². The molecule has 1 saturated heterocycles. The molecule has 0 saturated carbocycles. The van der Waals surface area contributed by atoms with Crippen LogP contribution in [0.15, 0.2) is 53.4 Å². The monoisotopic (exact) mass is 384 g/mol. The number of sulfonamides is 1. The van der Waals surface area contributed by atoms with E-state index < -0.39 is 10.0 Å². The van der Waals surface area contributed by atoms with Gasteiger partial charge in [-0.2, -0.15) is 4.31 Å². The molecule has 4 nitrogen and oxygen atoms in total. The van der Waals surface area contributed by atoms with Crippen molar-refractivity contribution in [3.63, 3.8) is 0 Å². The number of hydrogen-bond donors (Lipinski definition) is 0. The molecule has 1 fully saturated rings. The van der Waals surface area contributed by atoms with E-state index in [0.717, 1.165) is 31.5 Å². The maximum atomic E-state index is 13.4. The van der Waals surface area contributed by atoms with Crippen molar-refractivity contribution in [2.24, 2.45) is 0 Å². The molecular weight excluding hydrogens is 356 g/mol. The number of hydrogen-bond acceptors (Lipinski definition) is 3. The normalized spacial score (nSPS) is 23.5. The number of rotatable bonds is 4. The van der Waals surface area contributed by atoms with Gasteiger partial charge in [0.25, 0.3) is 0 Å². The van der Waals surface area contributed by atoms with E-state index >= 15 is 0 Å². The first-order valence-corrected chi connectivity index (χ1v) is 11.3. The summed E-state index contributed by atoms with van der Waals surface area (Å²) in [4.78, 5) is 2.88. The first-order valence-electron chi connectivity index (χ1n) is 9.85. The highest BCUT2D eigenvalue weighted by atomic mass is 32.2. The Balaban J connectivity index is 1.75. The molecule has 2 aliphatic rings. The van der Waals surface area contributed by atoms with Crippen molar-refractivity contribution >= 4 is 10.0 Å². The van der Waals surface area contributed by atoms with E-state index in [4.69, 9.17) is 0 Å². The van der Waals surface area contributed by atoms with Crippen molar-refractivity contribution in [1.29, 1.82) is 0 Å². The lowest BCUT2D eigenvalue weighted by Gasteiger charge is -2.43. The first-order chi connectivity index (χ1) is 13.0. The lowest BCUT2D eigenvalue weighted by atomic mass is 9.83. The lowest BCUT2D eigenvalue weighted by molar-refractivity contribution is 0.139. The molecule has 5 heteroatoms. The SMILES string of the molecule is Cc1ccc(S(=O)(=O)N(C)C2c3ccccc3CCC2N2CCCC2)cc1. The summed E-state index contributed by atoms with van der Waals surface area (Å²) in [6.07, 6.45) is 4.44. The van der Waals surface area contributed by atoms with Crippen LogP contribution < -0.4 is 0 Å². The number of likely N-dealkylation sites (N-methyl/N-ethyl adjacent to an activating group) is 1. The van der Waals surface area contributed by atoms with E-state index in [1.54, 1.807) is 23.5 Å². The minimum Gasteiger partial charge on any atom is -0.298 e. The standard InChI is InChI=1S/C22H28N2O2S/c1-17-9-12-19(13-10-17)27(25,26)23(2)22-20-8-4-3-7-18(20)11-14-21(22)24-15-5-6-16-24/h3-4,7-10,12-13,21-22H,5-6,11,14-16H2,1-2H3. The highest BCUT2D eigenvalue weighted by molar-refractivity contribution is 7.89. The van der Waals surface area contributed by atoms with Crippen LogP contribution in [-0.4, -0.2) is 43.8 Å². The van der Waals surface area contributed by atoms with E-state index in [-0.39, 0.29) is 12.1 Å². The minimum absolute atomic E-state index is 0.139. The molecule has 1 aliphatic heterocycles. The van der Waals surface area contributed by atoms with Gasteiger partial charge in [0.15, 0.2) is 0 Å². The predicted molar refractivity (Wildman–Crippen MR) is 108 cm³/mol. The summed E-state index contributed by atoms with van der Waals surface area (Å²) in [5, 5.41) is 0. The molecule has 0 aromatic heterocycles. The molecule has 0 N–H and O–H groups in total. The van der Waals surface area contributed by atoms with Crippen LogP contribution in [0.3, 0.4) is 0 Å². The van der Waals surface area contributed by atoms with E-state index in [1.165, 1.54) is 24.0 Å². The van der Waals surface area contributed by atoms with Crippen molar-refractivity contribution in [1.82, 2.24) is 9.21 Å². The average molecular weight is 385 g/mol. The van der Waals surface area contributed by atoms with Gasteiger partial charge < -0.3 is 0 Å². The van der Waals surface area contributed by atoms with Gasteiger partial charge in [0, 0.05) is 13.1 Å². The Bertz CT molecular complexity index is 902. The van der Waals surface area contributed by atoms with Gasteiger partial charge in [-0.25, -0.2) is 8.42 Å². The summed E-state index contributed by atoms with van der Waals surface area (Å²) >= 11 is 0. The van der Waals surface area contributed by atoms with Crippen molar-refractivity contribution in [3.8, 4) is 0 Å². The Morgan fingerprint density at radius 1 is 1.00 bits per heavy atom. The summed E-state index contributed by atoms with van der Waals surface area (Å²) in [6, 6.07) is 15.6. The maximum Gasteiger partial charge on any atom is 0.243 e. The molecule has 0 amide bonds. The summed E-state index contributed by atoms with van der Waals surface area (Å²) in [7, 11) is -1.80. The van der Waals surface area contributed by atoms with Gasteiger partial charge in [0.1, 0.15) is 0 Å². The van der Waals surface area contributed by atoms with Crippen LogP contribution in [0.25, 0.3) is 0 Å². The summed E-state index contributed by atoms with van der Waals surface area (Å²) in [6.45, 7) is 4.12. The lowest BCUT2D eigenvalue weighted by Crippen LogP contribution is -2.48. The summed E-state index contributed by atoms with van der Waals surface area (Å²) < 4.78 is 28.5. The van der Waals surface area contributed by atoms with Gasteiger partial charge in [-0.05, 0) is 69.0 Å². The zero-order chi connectivity index (χ0) is 19.0. The van der Waals surface area contributed by atoms with Gasteiger partial charge >= 0.3 is 0 Å². The summed E-state index contributed by atoms with van der Waals surface area (Å²) in [5.74, 6) is 0. The summed E-state index contributed by atoms with van der Waals surface area (Å²) in [5.41, 5.74) is 3.51. The van der Waals surface area contributed by atoms with Crippen molar-refractivity contribution in [3.05, 3.63) is 65.2 Å². The van der Waals surface area contributed by atoms with Gasteiger partial charge in [0.2, 0.25) is 10.0 Å². The molecule has 2 atom stereocenters. The Hall–Kier alpha value is -1.69. The Morgan fingerprint density at radius 2 is 1.67 bits per heavy atom. The fraction of sp³-hybridized carbons (Fsp3) is 0.455. The number of likely N-dealkylation sites (tertiary alicyclic amines) is 1. The third kappa shape index (κ3) is 3.44. The third-order valence-corrected chi connectivity index (χ3v) is 8.00. The van der Waals surface area contributed by atoms with Crippen LogP contribution >= 0.6 is 0 Å². The third-order valence-electron chi connectivity index (χ3n) is 6.15. The molecule has 1 aliphatic carbocycles.